The van der Waals surface area contributed by atoms with Crippen molar-refractivity contribution in [2.45, 2.75) is 75.7 Å². The van der Waals surface area contributed by atoms with Gasteiger partial charge in [0.2, 0.25) is 11.6 Å². The van der Waals surface area contributed by atoms with Crippen molar-refractivity contribution >= 4 is 69.9 Å². The topological polar surface area (TPSA) is 194 Å². The molecule has 2 aliphatic rings. The Morgan fingerprint density at radius 3 is 2.86 bits per heavy atom. The van der Waals surface area contributed by atoms with E-state index in [0.29, 0.717) is 35.2 Å². The maximum Gasteiger partial charge on any atom is 0.352 e. The van der Waals surface area contributed by atoms with Crippen LogP contribution in [0.3, 0.4) is 0 Å². The number of carboxylic acid groups (broad SMARTS) is 1. The van der Waals surface area contributed by atoms with Gasteiger partial charge in [-0.25, -0.2) is 14.5 Å². The van der Waals surface area contributed by atoms with E-state index in [-0.39, 0.29) is 28.3 Å². The average Bonchev–Trinajstić information content (AvgIpc) is 3.62. The van der Waals surface area contributed by atoms with Crippen LogP contribution in [0.1, 0.15) is 52.1 Å². The molecule has 18 heteroatoms. The molecule has 0 saturated carbocycles. The summed E-state index contributed by atoms with van der Waals surface area (Å²) in [5.41, 5.74) is 0.451. The van der Waals surface area contributed by atoms with Gasteiger partial charge in [-0.1, -0.05) is 43.1 Å². The molecule has 2 atom stereocenters. The largest absolute Gasteiger partial charge is 0.477 e. The van der Waals surface area contributed by atoms with Gasteiger partial charge in [-0.3, -0.25) is 19.3 Å². The first-order chi connectivity index (χ1) is 20.2. The number of aryl methyl sites for hydroxylation is 1. The third-order valence-corrected chi connectivity index (χ3v) is 9.29. The molecule has 0 spiro atoms. The number of nitrogens with one attached hydrogen (secondary N) is 2. The van der Waals surface area contributed by atoms with Crippen LogP contribution in [0.25, 0.3) is 0 Å². The van der Waals surface area contributed by atoms with Crippen molar-refractivity contribution in [3.05, 3.63) is 22.3 Å². The molecular formula is C24H31N9O6S3. The smallest absolute Gasteiger partial charge is 0.352 e. The fourth-order valence-electron chi connectivity index (χ4n) is 4.15. The van der Waals surface area contributed by atoms with Crippen LogP contribution in [0.5, 0.6) is 0 Å². The van der Waals surface area contributed by atoms with Gasteiger partial charge in [0.1, 0.15) is 28.9 Å². The molecule has 15 nitrogen and oxygen atoms in total. The molecule has 2 aliphatic heterocycles. The number of carboxylic acids is 1. The minimum absolute atomic E-state index is 0.0927. The number of aromatic nitrogens is 5. The molecule has 3 N–H and O–H groups in total. The number of anilines is 1. The molecule has 4 heterocycles. The van der Waals surface area contributed by atoms with Crippen LogP contribution < -0.4 is 10.6 Å². The molecule has 2 aromatic rings. The lowest BCUT2D eigenvalue weighted by atomic mass is 10.0. The van der Waals surface area contributed by atoms with Crippen LogP contribution >= 0.6 is 34.9 Å². The summed E-state index contributed by atoms with van der Waals surface area (Å²) in [7, 11) is 0. The minimum atomic E-state index is -1.22. The van der Waals surface area contributed by atoms with Crippen molar-refractivity contribution < 1.29 is 29.1 Å². The fraction of sp³-hybridized carbons (Fsp3) is 0.542. The molecule has 2 aromatic heterocycles. The molecule has 3 amide bonds. The third kappa shape index (κ3) is 7.27. The summed E-state index contributed by atoms with van der Waals surface area (Å²) in [6, 6.07) is -0.975. The number of tetrazole rings is 1. The molecule has 42 heavy (non-hydrogen) atoms. The third-order valence-electron chi connectivity index (χ3n) is 6.13. The number of thiazole rings is 1. The Kier molecular flexibility index (Phi) is 10.9. The number of rotatable bonds is 16. The number of β-lactam (4-membered cyclic amide) rings is 1. The van der Waals surface area contributed by atoms with Crippen molar-refractivity contribution in [3.63, 3.8) is 0 Å². The van der Waals surface area contributed by atoms with E-state index < -0.39 is 29.2 Å². The highest BCUT2D eigenvalue weighted by molar-refractivity contribution is 8.01. The first kappa shape index (κ1) is 31.4. The fourth-order valence-corrected chi connectivity index (χ4v) is 7.19. The van der Waals surface area contributed by atoms with Gasteiger partial charge in [0.15, 0.2) is 10.8 Å². The normalized spacial score (nSPS) is 18.5. The number of oxime groups is 1. The number of hydrogen-bond donors (Lipinski definition) is 3. The number of amides is 3. The summed E-state index contributed by atoms with van der Waals surface area (Å²) in [4.78, 5) is 60.1. The monoisotopic (exact) mass is 637 g/mol. The molecule has 0 aliphatic carbocycles. The van der Waals surface area contributed by atoms with Crippen molar-refractivity contribution in [2.24, 2.45) is 5.16 Å². The van der Waals surface area contributed by atoms with Gasteiger partial charge in [-0.2, -0.15) is 0 Å². The summed E-state index contributed by atoms with van der Waals surface area (Å²) in [6.07, 6.45) is 4.39. The zero-order valence-electron chi connectivity index (χ0n) is 23.2. The van der Waals surface area contributed by atoms with E-state index in [1.54, 1.807) is 18.5 Å². The Morgan fingerprint density at radius 1 is 1.33 bits per heavy atom. The van der Waals surface area contributed by atoms with E-state index in [1.807, 2.05) is 0 Å². The van der Waals surface area contributed by atoms with Gasteiger partial charge in [0.05, 0.1) is 0 Å². The van der Waals surface area contributed by atoms with E-state index in [2.05, 4.69) is 43.2 Å². The predicted octanol–water partition coefficient (Wildman–Crippen LogP) is 1.94. The van der Waals surface area contributed by atoms with Crippen LogP contribution in [0.4, 0.5) is 5.13 Å². The van der Waals surface area contributed by atoms with Gasteiger partial charge in [0.25, 0.3) is 11.8 Å². The van der Waals surface area contributed by atoms with Crippen molar-refractivity contribution in [1.29, 1.82) is 0 Å². The zero-order chi connectivity index (χ0) is 30.2. The summed E-state index contributed by atoms with van der Waals surface area (Å²) in [6.45, 7) is 6.27. The first-order valence-corrected chi connectivity index (χ1v) is 16.2. The lowest BCUT2D eigenvalue weighted by Gasteiger charge is -2.49. The van der Waals surface area contributed by atoms with E-state index in [0.717, 1.165) is 37.0 Å². The second-order valence-corrected chi connectivity index (χ2v) is 12.5. The maximum absolute atomic E-state index is 13.2. The minimum Gasteiger partial charge on any atom is -0.477 e. The van der Waals surface area contributed by atoms with Crippen LogP contribution in [-0.2, 0) is 30.6 Å². The van der Waals surface area contributed by atoms with Gasteiger partial charge < -0.3 is 20.6 Å². The van der Waals surface area contributed by atoms with Crippen LogP contribution in [-0.4, -0.2) is 94.1 Å². The SMILES string of the molecule is CCCCCCn1nnnc1SCC1=C(C(=O)O)N2C(=O)C(NC(=O)/C(=N\OC(C)C)c3csc(NC=O)n3)[C@H]2SC1. The van der Waals surface area contributed by atoms with Crippen molar-refractivity contribution in [2.75, 3.05) is 16.8 Å². The number of thioether (sulfide) groups is 2. The first-order valence-electron chi connectivity index (χ1n) is 13.2. The van der Waals surface area contributed by atoms with Gasteiger partial charge in [0, 0.05) is 23.4 Å². The number of unbranched alkanes of at least 4 members (excludes halogenated alkanes) is 3. The second-order valence-electron chi connectivity index (χ2n) is 9.55. The zero-order valence-corrected chi connectivity index (χ0v) is 25.6. The Balaban J connectivity index is 1.45. The van der Waals surface area contributed by atoms with E-state index in [9.17, 15) is 24.3 Å². The molecule has 0 aromatic carbocycles. The van der Waals surface area contributed by atoms with Crippen LogP contribution in [0.2, 0.25) is 0 Å². The lowest BCUT2D eigenvalue weighted by Crippen LogP contribution is -2.71. The molecule has 1 fully saturated rings. The molecule has 1 unspecified atom stereocenters. The van der Waals surface area contributed by atoms with Gasteiger partial charge >= 0.3 is 5.97 Å². The highest BCUT2D eigenvalue weighted by atomic mass is 32.2. The molecule has 226 valence electrons. The Bertz CT molecular complexity index is 1370. The summed E-state index contributed by atoms with van der Waals surface area (Å²) in [5, 5.41) is 32.6. The molecule has 4 rings (SSSR count). The number of carbonyl (C=O) groups is 4. The van der Waals surface area contributed by atoms with Crippen molar-refractivity contribution in [1.82, 2.24) is 35.4 Å². The number of hydrogen-bond acceptors (Lipinski definition) is 13. The number of fused-ring (bicyclic) bond motifs is 1. The number of aliphatic carboxylic acids is 1. The molecular weight excluding hydrogens is 607 g/mol. The summed E-state index contributed by atoms with van der Waals surface area (Å²) >= 11 is 3.77. The quantitative estimate of drug-likeness (QED) is 0.0606. The van der Waals surface area contributed by atoms with E-state index >= 15 is 0 Å². The molecule has 0 bridgehead atoms. The second kappa shape index (κ2) is 14.6. The average molecular weight is 638 g/mol. The molecule has 1 saturated heterocycles. The predicted molar refractivity (Wildman–Crippen MR) is 157 cm³/mol. The highest BCUT2D eigenvalue weighted by Gasteiger charge is 2.54. The Hall–Kier alpha value is -3.51. The van der Waals surface area contributed by atoms with Gasteiger partial charge in [-0.05, 0) is 36.3 Å². The van der Waals surface area contributed by atoms with Crippen LogP contribution in [0.15, 0.2) is 27.0 Å². The Labute approximate surface area is 253 Å². The van der Waals surface area contributed by atoms with E-state index in [1.165, 1.54) is 33.8 Å². The lowest BCUT2D eigenvalue weighted by molar-refractivity contribution is -0.150. The summed E-state index contributed by atoms with van der Waals surface area (Å²) in [5.74, 6) is -1.85. The number of carbonyl (C=O) groups excluding carboxylic acids is 3. The standard InChI is InChI=1S/C24H31N9O6S3/c1-4-5-6-7-8-32-24(28-30-31-32)42-10-14-9-40-21-17(20(36)33(21)18(14)22(37)38)27-19(35)16(29-39-13(2)3)15-11-41-23(26-15)25-12-34/h11-13,17,21H,4-10H2,1-3H3,(H,27,35)(H,37,38)(H,25,26,34)/b29-16-/t17?,21-/m1/s1. The highest BCUT2D eigenvalue weighted by Crippen LogP contribution is 2.41. The van der Waals surface area contributed by atoms with Crippen LogP contribution in [0, 0.1) is 0 Å². The number of nitrogens with zero attached hydrogens (tertiary/aromatic N) is 7. The summed E-state index contributed by atoms with van der Waals surface area (Å²) < 4.78 is 1.71. The van der Waals surface area contributed by atoms with Crippen molar-refractivity contribution in [3.8, 4) is 0 Å². The molecule has 0 radical (unpaired) electrons. The van der Waals surface area contributed by atoms with E-state index in [4.69, 9.17) is 4.84 Å². The Morgan fingerprint density at radius 2 is 2.14 bits per heavy atom. The van der Waals surface area contributed by atoms with Gasteiger partial charge in [-0.15, -0.1) is 28.2 Å². The maximum atomic E-state index is 13.2.